The third-order valence-corrected chi connectivity index (χ3v) is 1.31. The van der Waals surface area contributed by atoms with Gasteiger partial charge in [0.2, 0.25) is 0 Å². The molecule has 0 atom stereocenters. The Morgan fingerprint density at radius 2 is 2.10 bits per heavy atom. The maximum Gasteiger partial charge on any atom is 0.0540 e. The summed E-state index contributed by atoms with van der Waals surface area (Å²) in [4.78, 5) is 2.12. The van der Waals surface area contributed by atoms with E-state index in [0.717, 1.165) is 25.1 Å². The molecule has 0 heterocycles. The second-order valence-electron chi connectivity index (χ2n) is 2.74. The van der Waals surface area contributed by atoms with Crippen molar-refractivity contribution in [3.63, 3.8) is 0 Å². The highest BCUT2D eigenvalue weighted by Crippen LogP contribution is 1.92. The minimum atomic E-state index is 0.807. The summed E-state index contributed by atoms with van der Waals surface area (Å²) in [5, 5.41) is 11.4. The SMILES string of the molecule is CC(CCCN(C)C)=NO. The molecular formula is C7H16N2O. The van der Waals surface area contributed by atoms with E-state index < -0.39 is 0 Å². The lowest BCUT2D eigenvalue weighted by Gasteiger charge is -2.07. The standard InChI is InChI=1S/C7H16N2O/c1-7(8-10)5-4-6-9(2)3/h10H,4-6H2,1-3H3. The zero-order chi connectivity index (χ0) is 7.98. The Morgan fingerprint density at radius 3 is 2.50 bits per heavy atom. The summed E-state index contributed by atoms with van der Waals surface area (Å²) in [7, 11) is 4.07. The Morgan fingerprint density at radius 1 is 1.50 bits per heavy atom. The van der Waals surface area contributed by atoms with Gasteiger partial charge in [-0.1, -0.05) is 5.16 Å². The van der Waals surface area contributed by atoms with Crippen molar-refractivity contribution in [1.29, 1.82) is 0 Å². The molecule has 0 unspecified atom stereocenters. The molecule has 10 heavy (non-hydrogen) atoms. The average molecular weight is 144 g/mol. The van der Waals surface area contributed by atoms with Crippen molar-refractivity contribution >= 4 is 5.71 Å². The largest absolute Gasteiger partial charge is 0.411 e. The van der Waals surface area contributed by atoms with Crippen molar-refractivity contribution in [3.8, 4) is 0 Å². The van der Waals surface area contributed by atoms with Crippen molar-refractivity contribution in [2.24, 2.45) is 5.16 Å². The lowest BCUT2D eigenvalue weighted by Crippen LogP contribution is -2.13. The fraction of sp³-hybridized carbons (Fsp3) is 0.857. The van der Waals surface area contributed by atoms with Crippen LogP contribution in [0.25, 0.3) is 0 Å². The topological polar surface area (TPSA) is 35.8 Å². The van der Waals surface area contributed by atoms with E-state index in [9.17, 15) is 0 Å². The molecule has 0 amide bonds. The summed E-state index contributed by atoms with van der Waals surface area (Å²) in [6, 6.07) is 0. The van der Waals surface area contributed by atoms with Gasteiger partial charge in [0.15, 0.2) is 0 Å². The monoisotopic (exact) mass is 144 g/mol. The molecule has 3 nitrogen and oxygen atoms in total. The first-order chi connectivity index (χ1) is 4.66. The summed E-state index contributed by atoms with van der Waals surface area (Å²) in [5.74, 6) is 0. The molecule has 0 aromatic carbocycles. The molecule has 0 fully saturated rings. The highest BCUT2D eigenvalue weighted by atomic mass is 16.4. The van der Waals surface area contributed by atoms with E-state index in [1.807, 2.05) is 21.0 Å². The van der Waals surface area contributed by atoms with Gasteiger partial charge in [-0.3, -0.25) is 0 Å². The van der Waals surface area contributed by atoms with Crippen LogP contribution in [0.5, 0.6) is 0 Å². The van der Waals surface area contributed by atoms with Crippen LogP contribution in [-0.2, 0) is 0 Å². The van der Waals surface area contributed by atoms with Crippen molar-refractivity contribution in [2.45, 2.75) is 19.8 Å². The van der Waals surface area contributed by atoms with Gasteiger partial charge in [-0.2, -0.15) is 0 Å². The maximum atomic E-state index is 8.27. The highest BCUT2D eigenvalue weighted by molar-refractivity contribution is 5.81. The van der Waals surface area contributed by atoms with Crippen LogP contribution in [0.2, 0.25) is 0 Å². The number of hydrogen-bond acceptors (Lipinski definition) is 3. The van der Waals surface area contributed by atoms with Crippen LogP contribution in [0.15, 0.2) is 5.16 Å². The molecule has 0 aromatic heterocycles. The molecule has 1 N–H and O–H groups in total. The predicted octanol–water partition coefficient (Wildman–Crippen LogP) is 1.18. The average Bonchev–Trinajstić information content (AvgIpc) is 1.87. The van der Waals surface area contributed by atoms with Gasteiger partial charge in [-0.15, -0.1) is 0 Å². The fourth-order valence-electron chi connectivity index (χ4n) is 0.701. The molecule has 0 saturated carbocycles. The van der Waals surface area contributed by atoms with E-state index in [-0.39, 0.29) is 0 Å². The lowest BCUT2D eigenvalue weighted by atomic mass is 10.2. The van der Waals surface area contributed by atoms with E-state index in [1.165, 1.54) is 0 Å². The Labute approximate surface area is 62.3 Å². The van der Waals surface area contributed by atoms with Gasteiger partial charge in [0.25, 0.3) is 0 Å². The van der Waals surface area contributed by atoms with Crippen LogP contribution < -0.4 is 0 Å². The Hall–Kier alpha value is -0.570. The Bertz CT molecular complexity index is 110. The second kappa shape index (κ2) is 5.23. The zero-order valence-corrected chi connectivity index (χ0v) is 6.96. The highest BCUT2D eigenvalue weighted by Gasteiger charge is 1.93. The molecule has 0 saturated heterocycles. The van der Waals surface area contributed by atoms with E-state index in [1.54, 1.807) is 0 Å². The van der Waals surface area contributed by atoms with Crippen LogP contribution in [0.4, 0.5) is 0 Å². The molecule has 0 aromatic rings. The first-order valence-corrected chi connectivity index (χ1v) is 3.49. The molecule has 60 valence electrons. The zero-order valence-electron chi connectivity index (χ0n) is 6.96. The van der Waals surface area contributed by atoms with Crippen LogP contribution in [-0.4, -0.2) is 36.5 Å². The van der Waals surface area contributed by atoms with Crippen molar-refractivity contribution < 1.29 is 5.21 Å². The number of rotatable bonds is 4. The van der Waals surface area contributed by atoms with Gasteiger partial charge >= 0.3 is 0 Å². The molecule has 0 spiro atoms. The number of hydrogen-bond donors (Lipinski definition) is 1. The van der Waals surface area contributed by atoms with E-state index >= 15 is 0 Å². The molecule has 0 aliphatic rings. The fourth-order valence-corrected chi connectivity index (χ4v) is 0.701. The minimum Gasteiger partial charge on any atom is -0.411 e. The Kier molecular flexibility index (Phi) is 4.94. The van der Waals surface area contributed by atoms with Gasteiger partial charge in [0.05, 0.1) is 5.71 Å². The third kappa shape index (κ3) is 5.56. The smallest absolute Gasteiger partial charge is 0.0540 e. The summed E-state index contributed by atoms with van der Waals surface area (Å²) < 4.78 is 0. The van der Waals surface area contributed by atoms with Gasteiger partial charge in [0.1, 0.15) is 0 Å². The molecule has 0 aliphatic carbocycles. The van der Waals surface area contributed by atoms with Gasteiger partial charge in [-0.25, -0.2) is 0 Å². The van der Waals surface area contributed by atoms with Crippen molar-refractivity contribution in [3.05, 3.63) is 0 Å². The van der Waals surface area contributed by atoms with E-state index in [2.05, 4.69) is 10.1 Å². The van der Waals surface area contributed by atoms with Crippen LogP contribution in [0.3, 0.4) is 0 Å². The summed E-state index contributed by atoms with van der Waals surface area (Å²) in [5.41, 5.74) is 0.807. The molecule has 0 bridgehead atoms. The minimum absolute atomic E-state index is 0.807. The third-order valence-electron chi connectivity index (χ3n) is 1.31. The molecular weight excluding hydrogens is 128 g/mol. The normalized spacial score (nSPS) is 12.6. The first-order valence-electron chi connectivity index (χ1n) is 3.49. The lowest BCUT2D eigenvalue weighted by molar-refractivity contribution is 0.316. The second-order valence-corrected chi connectivity index (χ2v) is 2.74. The predicted molar refractivity (Wildman–Crippen MR) is 42.7 cm³/mol. The van der Waals surface area contributed by atoms with Gasteiger partial charge in [0, 0.05) is 0 Å². The molecule has 0 radical (unpaired) electrons. The summed E-state index contributed by atoms with van der Waals surface area (Å²) in [6.07, 6.45) is 1.94. The summed E-state index contributed by atoms with van der Waals surface area (Å²) in [6.45, 7) is 2.88. The Balaban J connectivity index is 3.20. The van der Waals surface area contributed by atoms with Crippen LogP contribution >= 0.6 is 0 Å². The number of oxime groups is 1. The maximum absolute atomic E-state index is 8.27. The molecule has 0 aliphatic heterocycles. The quantitative estimate of drug-likeness (QED) is 0.365. The van der Waals surface area contributed by atoms with Gasteiger partial charge < -0.3 is 10.1 Å². The first kappa shape index (κ1) is 9.43. The van der Waals surface area contributed by atoms with Crippen LogP contribution in [0, 0.1) is 0 Å². The van der Waals surface area contributed by atoms with Gasteiger partial charge in [-0.05, 0) is 40.4 Å². The molecule has 3 heteroatoms. The summed E-state index contributed by atoms with van der Waals surface area (Å²) >= 11 is 0. The van der Waals surface area contributed by atoms with Crippen molar-refractivity contribution in [2.75, 3.05) is 20.6 Å². The van der Waals surface area contributed by atoms with E-state index in [4.69, 9.17) is 5.21 Å². The van der Waals surface area contributed by atoms with Crippen LogP contribution in [0.1, 0.15) is 19.8 Å². The van der Waals surface area contributed by atoms with E-state index in [0.29, 0.717) is 0 Å². The van der Waals surface area contributed by atoms with Crippen molar-refractivity contribution in [1.82, 2.24) is 4.90 Å². The number of nitrogens with zero attached hydrogens (tertiary/aromatic N) is 2. The molecule has 0 rings (SSSR count).